The molecule has 1 unspecified atom stereocenters. The van der Waals surface area contributed by atoms with E-state index >= 15 is 0 Å². The third-order valence-corrected chi connectivity index (χ3v) is 4.11. The third kappa shape index (κ3) is 7.64. The van der Waals surface area contributed by atoms with E-state index in [4.69, 9.17) is 0 Å². The summed E-state index contributed by atoms with van der Waals surface area (Å²) in [5, 5.41) is 19.7. The van der Waals surface area contributed by atoms with Crippen molar-refractivity contribution in [3.05, 3.63) is 22.0 Å². The van der Waals surface area contributed by atoms with Crippen LogP contribution in [0.2, 0.25) is 0 Å². The van der Waals surface area contributed by atoms with Gasteiger partial charge in [0.25, 0.3) is 5.91 Å². The molecule has 0 radical (unpaired) electrons. The van der Waals surface area contributed by atoms with Gasteiger partial charge in [0.15, 0.2) is 0 Å². The average molecular weight is 353 g/mol. The van der Waals surface area contributed by atoms with Gasteiger partial charge >= 0.3 is 5.69 Å². The second kappa shape index (κ2) is 11.6. The Bertz CT molecular complexity index is 522. The Kier molecular flexibility index (Phi) is 9.76. The molecular formula is C17H31N5O3. The number of carbonyl (C=O) groups is 1. The van der Waals surface area contributed by atoms with Gasteiger partial charge in [0.1, 0.15) is 6.20 Å². The van der Waals surface area contributed by atoms with Gasteiger partial charge in [-0.3, -0.25) is 20.0 Å². The van der Waals surface area contributed by atoms with Crippen LogP contribution in [0.15, 0.2) is 6.20 Å². The van der Waals surface area contributed by atoms with Gasteiger partial charge in [-0.05, 0) is 32.9 Å². The summed E-state index contributed by atoms with van der Waals surface area (Å²) >= 11 is 0. The smallest absolute Gasteiger partial charge is 0.319 e. The number of hydrogen-bond donors (Lipinski definition) is 2. The molecule has 0 fully saturated rings. The van der Waals surface area contributed by atoms with Crippen LogP contribution in [-0.2, 0) is 0 Å². The van der Waals surface area contributed by atoms with Crippen LogP contribution in [0, 0.1) is 10.1 Å². The molecule has 0 aliphatic heterocycles. The van der Waals surface area contributed by atoms with Crippen LogP contribution >= 0.6 is 0 Å². The maximum Gasteiger partial charge on any atom is 0.319 e. The molecule has 0 saturated carbocycles. The number of unbranched alkanes of at least 4 members (excludes halogenated alkanes) is 4. The van der Waals surface area contributed by atoms with Crippen LogP contribution in [0.5, 0.6) is 0 Å². The van der Waals surface area contributed by atoms with E-state index in [-0.39, 0.29) is 17.4 Å². The largest absolute Gasteiger partial charge is 0.347 e. The molecule has 0 aliphatic rings. The molecular weight excluding hydrogens is 322 g/mol. The topological polar surface area (TPSA) is 104 Å². The minimum absolute atomic E-state index is 0.0969. The highest BCUT2D eigenvalue weighted by molar-refractivity contribution is 5.96. The molecule has 0 aromatic carbocycles. The van der Waals surface area contributed by atoms with Gasteiger partial charge in [-0.2, -0.15) is 5.10 Å². The number of H-pyrrole nitrogens is 1. The van der Waals surface area contributed by atoms with Gasteiger partial charge in [-0.1, -0.05) is 39.5 Å². The molecule has 1 amide bonds. The number of aromatic nitrogens is 2. The predicted octanol–water partition coefficient (Wildman–Crippen LogP) is 3.12. The van der Waals surface area contributed by atoms with Crippen molar-refractivity contribution in [2.24, 2.45) is 0 Å². The van der Waals surface area contributed by atoms with Crippen LogP contribution in [0.1, 0.15) is 69.8 Å². The molecule has 8 nitrogen and oxygen atoms in total. The molecule has 0 spiro atoms. The zero-order valence-corrected chi connectivity index (χ0v) is 15.6. The molecule has 8 heteroatoms. The fraction of sp³-hybridized carbons (Fsp3) is 0.765. The first kappa shape index (κ1) is 21.1. The Morgan fingerprint density at radius 2 is 1.88 bits per heavy atom. The monoisotopic (exact) mass is 353 g/mol. The first-order valence-corrected chi connectivity index (χ1v) is 9.20. The van der Waals surface area contributed by atoms with Crippen molar-refractivity contribution in [3.8, 4) is 0 Å². The summed E-state index contributed by atoms with van der Waals surface area (Å²) in [6.07, 6.45) is 8.11. The normalized spacial score (nSPS) is 12.3. The van der Waals surface area contributed by atoms with Gasteiger partial charge < -0.3 is 10.2 Å². The standard InChI is InChI=1S/C17H31N5O3/c1-4-6-8-10-21(11-9-7-5-2)13-14(3)19-17(23)16-15(22(24)25)12-18-20-16/h12,14H,4-11,13H2,1-3H3,(H,18,20)(H,19,23). The SMILES string of the molecule is CCCCCN(CCCCC)CC(C)NC(=O)c1[nH]ncc1[N+](=O)[O-]. The Labute approximate surface area is 149 Å². The molecule has 1 aromatic rings. The lowest BCUT2D eigenvalue weighted by Gasteiger charge is -2.26. The molecule has 1 heterocycles. The predicted molar refractivity (Wildman–Crippen MR) is 97.7 cm³/mol. The molecule has 25 heavy (non-hydrogen) atoms. The van der Waals surface area contributed by atoms with Crippen LogP contribution in [0.25, 0.3) is 0 Å². The van der Waals surface area contributed by atoms with Gasteiger partial charge in [0.2, 0.25) is 5.69 Å². The summed E-state index contributed by atoms with van der Waals surface area (Å²) in [5.74, 6) is -0.487. The number of nitrogens with zero attached hydrogens (tertiary/aromatic N) is 3. The van der Waals surface area contributed by atoms with Gasteiger partial charge in [0.05, 0.1) is 4.92 Å². The second-order valence-electron chi connectivity index (χ2n) is 6.48. The number of rotatable bonds is 13. The minimum atomic E-state index is -0.606. The van der Waals surface area contributed by atoms with E-state index in [9.17, 15) is 14.9 Å². The average Bonchev–Trinajstić information content (AvgIpc) is 3.05. The fourth-order valence-corrected chi connectivity index (χ4v) is 2.78. The van der Waals surface area contributed by atoms with E-state index in [0.717, 1.165) is 38.7 Å². The lowest BCUT2D eigenvalue weighted by Crippen LogP contribution is -2.43. The summed E-state index contributed by atoms with van der Waals surface area (Å²) < 4.78 is 0. The summed E-state index contributed by atoms with van der Waals surface area (Å²) in [6, 6.07) is -0.0985. The van der Waals surface area contributed by atoms with Crippen LogP contribution in [0.3, 0.4) is 0 Å². The highest BCUT2D eigenvalue weighted by atomic mass is 16.6. The Morgan fingerprint density at radius 1 is 1.28 bits per heavy atom. The van der Waals surface area contributed by atoms with Crippen molar-refractivity contribution in [2.45, 2.75) is 65.3 Å². The number of aromatic amines is 1. The van der Waals surface area contributed by atoms with E-state index in [1.165, 1.54) is 25.7 Å². The van der Waals surface area contributed by atoms with Crippen LogP contribution in [0.4, 0.5) is 5.69 Å². The number of nitrogens with one attached hydrogen (secondary N) is 2. The number of amides is 1. The lowest BCUT2D eigenvalue weighted by molar-refractivity contribution is -0.385. The molecule has 1 aromatic heterocycles. The summed E-state index contributed by atoms with van der Waals surface area (Å²) in [6.45, 7) is 9.06. The maximum atomic E-state index is 12.2. The van der Waals surface area contributed by atoms with E-state index in [1.54, 1.807) is 0 Å². The molecule has 0 bridgehead atoms. The zero-order chi connectivity index (χ0) is 18.7. The molecule has 1 rings (SSSR count). The van der Waals surface area contributed by atoms with E-state index < -0.39 is 10.8 Å². The first-order valence-electron chi connectivity index (χ1n) is 9.20. The maximum absolute atomic E-state index is 12.2. The van der Waals surface area contributed by atoms with Crippen molar-refractivity contribution < 1.29 is 9.72 Å². The Morgan fingerprint density at radius 3 is 2.40 bits per heavy atom. The van der Waals surface area contributed by atoms with E-state index in [1.807, 2.05) is 6.92 Å². The highest BCUT2D eigenvalue weighted by Gasteiger charge is 2.24. The van der Waals surface area contributed by atoms with Crippen molar-refractivity contribution in [2.75, 3.05) is 19.6 Å². The minimum Gasteiger partial charge on any atom is -0.347 e. The van der Waals surface area contributed by atoms with Crippen molar-refractivity contribution >= 4 is 11.6 Å². The zero-order valence-electron chi connectivity index (χ0n) is 15.6. The molecule has 1 atom stereocenters. The van der Waals surface area contributed by atoms with Gasteiger partial charge in [-0.25, -0.2) is 0 Å². The number of nitro groups is 1. The van der Waals surface area contributed by atoms with E-state index in [2.05, 4.69) is 34.3 Å². The Hall–Kier alpha value is -1.96. The van der Waals surface area contributed by atoms with E-state index in [0.29, 0.717) is 0 Å². The summed E-state index contributed by atoms with van der Waals surface area (Å²) in [7, 11) is 0. The number of carbonyl (C=O) groups excluding carboxylic acids is 1. The van der Waals surface area contributed by atoms with Crippen LogP contribution < -0.4 is 5.32 Å². The van der Waals surface area contributed by atoms with Crippen molar-refractivity contribution in [1.82, 2.24) is 20.4 Å². The molecule has 0 aliphatic carbocycles. The quantitative estimate of drug-likeness (QED) is 0.322. The first-order chi connectivity index (χ1) is 12.0. The number of hydrogen-bond acceptors (Lipinski definition) is 5. The van der Waals surface area contributed by atoms with Crippen molar-refractivity contribution in [1.29, 1.82) is 0 Å². The molecule has 2 N–H and O–H groups in total. The van der Waals surface area contributed by atoms with Gasteiger partial charge in [0, 0.05) is 12.6 Å². The summed E-state index contributed by atoms with van der Waals surface area (Å²) in [4.78, 5) is 24.9. The van der Waals surface area contributed by atoms with Crippen LogP contribution in [-0.4, -0.2) is 51.6 Å². The third-order valence-electron chi connectivity index (χ3n) is 4.11. The van der Waals surface area contributed by atoms with Crippen molar-refractivity contribution in [3.63, 3.8) is 0 Å². The second-order valence-corrected chi connectivity index (χ2v) is 6.48. The lowest BCUT2D eigenvalue weighted by atomic mass is 10.2. The Balaban J connectivity index is 2.56. The highest BCUT2D eigenvalue weighted by Crippen LogP contribution is 2.14. The van der Waals surface area contributed by atoms with Gasteiger partial charge in [-0.15, -0.1) is 0 Å². The fourth-order valence-electron chi connectivity index (χ4n) is 2.78. The summed E-state index contributed by atoms with van der Waals surface area (Å²) in [5.41, 5.74) is -0.396. The molecule has 142 valence electrons. The molecule has 0 saturated heterocycles.